The van der Waals surface area contributed by atoms with Crippen LogP contribution in [0.1, 0.15) is 60.3 Å². The second-order valence-electron chi connectivity index (χ2n) is 7.07. The zero-order valence-corrected chi connectivity index (χ0v) is 14.2. The van der Waals surface area contributed by atoms with Crippen LogP contribution in [-0.4, -0.2) is 30.9 Å². The minimum Gasteiger partial charge on any atom is -0.466 e. The van der Waals surface area contributed by atoms with Gasteiger partial charge >= 0.3 is 13.1 Å². The monoisotopic (exact) mass is 312 g/mol. The van der Waals surface area contributed by atoms with Crippen LogP contribution in [-0.2, 0) is 18.8 Å². The highest BCUT2D eigenvalue weighted by Crippen LogP contribution is 2.41. The van der Waals surface area contributed by atoms with Gasteiger partial charge in [0.05, 0.1) is 23.7 Å². The first-order valence-electron chi connectivity index (χ1n) is 8.07. The zero-order valence-electron chi connectivity index (χ0n) is 14.2. The van der Waals surface area contributed by atoms with E-state index in [4.69, 9.17) is 14.0 Å². The van der Waals surface area contributed by atoms with E-state index in [0.29, 0.717) is 37.9 Å². The van der Waals surface area contributed by atoms with Crippen molar-refractivity contribution in [2.75, 3.05) is 6.61 Å². The molecule has 6 heteroatoms. The Hall–Kier alpha value is -0.875. The third-order valence-electron chi connectivity index (χ3n) is 5.01. The summed E-state index contributed by atoms with van der Waals surface area (Å²) >= 11 is 0. The molecule has 0 N–H and O–H groups in total. The molecule has 1 aliphatic heterocycles. The molecule has 1 saturated heterocycles. The Morgan fingerprint density at radius 2 is 1.73 bits per heavy atom. The average Bonchev–Trinajstić information content (AvgIpc) is 2.67. The number of hydrogen-bond acceptors (Lipinski definition) is 4. The lowest BCUT2D eigenvalue weighted by Crippen LogP contribution is -2.41. The van der Waals surface area contributed by atoms with Crippen molar-refractivity contribution in [1.29, 1.82) is 0 Å². The van der Waals surface area contributed by atoms with Gasteiger partial charge in [0.25, 0.3) is 0 Å². The van der Waals surface area contributed by atoms with E-state index >= 15 is 0 Å². The van der Waals surface area contributed by atoms with Crippen molar-refractivity contribution in [3.8, 4) is 0 Å². The van der Waals surface area contributed by atoms with Gasteiger partial charge < -0.3 is 14.0 Å². The first-order valence-corrected chi connectivity index (χ1v) is 8.07. The van der Waals surface area contributed by atoms with Gasteiger partial charge in [-0.05, 0) is 65.9 Å². The second-order valence-corrected chi connectivity index (χ2v) is 7.07. The summed E-state index contributed by atoms with van der Waals surface area (Å²) in [7, 11) is -0.931. The third kappa shape index (κ3) is 3.38. The van der Waals surface area contributed by atoms with E-state index in [2.05, 4.69) is 0 Å². The van der Waals surface area contributed by atoms with Gasteiger partial charge in [0, 0.05) is 0 Å². The SMILES string of the molecule is CCOC(=O)C1CCC(=C(F)B2OC(C)(C)C(C)(C)O2)CC1. The van der Waals surface area contributed by atoms with Crippen LogP contribution in [0, 0.1) is 5.92 Å². The number of allylic oxidation sites excluding steroid dienone is 1. The number of esters is 1. The van der Waals surface area contributed by atoms with E-state index in [1.807, 2.05) is 27.7 Å². The normalized spacial score (nSPS) is 26.9. The Balaban J connectivity index is 2.00. The number of rotatable bonds is 3. The van der Waals surface area contributed by atoms with E-state index in [1.165, 1.54) is 0 Å². The van der Waals surface area contributed by atoms with Crippen molar-refractivity contribution in [2.45, 2.75) is 71.5 Å². The molecule has 1 heterocycles. The number of ether oxygens (including phenoxy) is 1. The van der Waals surface area contributed by atoms with Crippen molar-refractivity contribution < 1.29 is 23.2 Å². The smallest absolute Gasteiger partial charge is 0.466 e. The molecule has 2 rings (SSSR count). The summed E-state index contributed by atoms with van der Waals surface area (Å²) in [6.45, 7) is 9.81. The lowest BCUT2D eigenvalue weighted by Gasteiger charge is -2.32. The molecule has 1 aliphatic carbocycles. The topological polar surface area (TPSA) is 44.8 Å². The van der Waals surface area contributed by atoms with Crippen LogP contribution in [0.4, 0.5) is 4.39 Å². The van der Waals surface area contributed by atoms with Gasteiger partial charge in [-0.1, -0.05) is 0 Å². The fraction of sp³-hybridized carbons (Fsp3) is 0.812. The molecule has 0 unspecified atom stereocenters. The van der Waals surface area contributed by atoms with Gasteiger partial charge in [-0.25, -0.2) is 4.39 Å². The predicted molar refractivity (Wildman–Crippen MR) is 82.8 cm³/mol. The maximum Gasteiger partial charge on any atom is 0.525 e. The van der Waals surface area contributed by atoms with Crippen LogP contribution in [0.15, 0.2) is 11.3 Å². The molecule has 22 heavy (non-hydrogen) atoms. The first-order chi connectivity index (χ1) is 10.2. The van der Waals surface area contributed by atoms with E-state index in [0.717, 1.165) is 0 Å². The molecule has 0 aromatic heterocycles. The number of halogens is 1. The lowest BCUT2D eigenvalue weighted by molar-refractivity contribution is -0.148. The summed E-state index contributed by atoms with van der Waals surface area (Å²) < 4.78 is 31.2. The predicted octanol–water partition coefficient (Wildman–Crippen LogP) is 3.59. The number of carbonyl (C=O) groups is 1. The van der Waals surface area contributed by atoms with E-state index in [-0.39, 0.29) is 17.6 Å². The van der Waals surface area contributed by atoms with Gasteiger partial charge in [0.15, 0.2) is 0 Å². The maximum absolute atomic E-state index is 14.7. The number of hydrogen-bond donors (Lipinski definition) is 0. The highest BCUT2D eigenvalue weighted by Gasteiger charge is 2.53. The fourth-order valence-electron chi connectivity index (χ4n) is 2.81. The van der Waals surface area contributed by atoms with Gasteiger partial charge in [0.1, 0.15) is 5.73 Å². The van der Waals surface area contributed by atoms with Gasteiger partial charge in [-0.3, -0.25) is 4.79 Å². The second kappa shape index (κ2) is 6.32. The molecule has 0 aromatic rings. The fourth-order valence-corrected chi connectivity index (χ4v) is 2.81. The quantitative estimate of drug-likeness (QED) is 0.590. The Labute approximate surface area is 132 Å². The Bertz CT molecular complexity index is 447. The highest BCUT2D eigenvalue weighted by atomic mass is 19.1. The lowest BCUT2D eigenvalue weighted by atomic mass is 9.77. The van der Waals surface area contributed by atoms with Crippen LogP contribution < -0.4 is 0 Å². The molecule has 0 aromatic carbocycles. The highest BCUT2D eigenvalue weighted by molar-refractivity contribution is 6.53. The average molecular weight is 312 g/mol. The summed E-state index contributed by atoms with van der Waals surface area (Å²) in [5.74, 6) is -0.285. The van der Waals surface area contributed by atoms with Crippen molar-refractivity contribution in [2.24, 2.45) is 5.92 Å². The summed E-state index contributed by atoms with van der Waals surface area (Å²) in [5.41, 5.74) is -0.699. The van der Waals surface area contributed by atoms with Crippen LogP contribution in [0.25, 0.3) is 0 Å². The summed E-state index contributed by atoms with van der Waals surface area (Å²) in [5, 5.41) is 0. The van der Waals surface area contributed by atoms with E-state index in [1.54, 1.807) is 6.92 Å². The van der Waals surface area contributed by atoms with E-state index in [9.17, 15) is 9.18 Å². The zero-order chi connectivity index (χ0) is 16.5. The van der Waals surface area contributed by atoms with Gasteiger partial charge in [0.2, 0.25) is 0 Å². The minimum absolute atomic E-state index is 0.116. The number of carbonyl (C=O) groups excluding carboxylic acids is 1. The van der Waals surface area contributed by atoms with Crippen molar-refractivity contribution in [3.63, 3.8) is 0 Å². The third-order valence-corrected chi connectivity index (χ3v) is 5.01. The summed E-state index contributed by atoms with van der Waals surface area (Å²) in [6, 6.07) is 0. The van der Waals surface area contributed by atoms with Gasteiger partial charge in [-0.15, -0.1) is 0 Å². The summed E-state index contributed by atoms with van der Waals surface area (Å²) in [6.07, 6.45) is 2.36. The molecule has 1 saturated carbocycles. The minimum atomic E-state index is -0.931. The van der Waals surface area contributed by atoms with Gasteiger partial charge in [-0.2, -0.15) is 0 Å². The van der Waals surface area contributed by atoms with Crippen molar-refractivity contribution >= 4 is 13.1 Å². The van der Waals surface area contributed by atoms with Crippen molar-refractivity contribution in [1.82, 2.24) is 0 Å². The van der Waals surface area contributed by atoms with E-state index < -0.39 is 18.3 Å². The maximum atomic E-state index is 14.7. The largest absolute Gasteiger partial charge is 0.525 e. The Kier molecular flexibility index (Phi) is 5.02. The molecule has 4 nitrogen and oxygen atoms in total. The molecule has 2 aliphatic rings. The summed E-state index contributed by atoms with van der Waals surface area (Å²) in [4.78, 5) is 11.7. The Morgan fingerprint density at radius 3 is 2.18 bits per heavy atom. The molecule has 0 radical (unpaired) electrons. The van der Waals surface area contributed by atoms with Crippen molar-refractivity contribution in [3.05, 3.63) is 11.3 Å². The molecule has 0 bridgehead atoms. The first kappa shape index (κ1) is 17.5. The molecular formula is C16H26BFO4. The van der Waals surface area contributed by atoms with Crippen LogP contribution >= 0.6 is 0 Å². The molecular weight excluding hydrogens is 286 g/mol. The standard InChI is InChI=1S/C16H26BFO4/c1-6-20-14(19)12-9-7-11(8-10-12)13(18)17-21-15(2,3)16(4,5)22-17/h12H,6-10H2,1-5H3. The van der Waals surface area contributed by atoms with Crippen LogP contribution in [0.3, 0.4) is 0 Å². The Morgan fingerprint density at radius 1 is 1.23 bits per heavy atom. The molecule has 0 atom stereocenters. The molecule has 0 amide bonds. The van der Waals surface area contributed by atoms with Crippen LogP contribution in [0.2, 0.25) is 0 Å². The molecule has 124 valence electrons. The molecule has 0 spiro atoms. The molecule has 2 fully saturated rings. The van der Waals surface area contributed by atoms with Crippen LogP contribution in [0.5, 0.6) is 0 Å².